The molecule has 2 unspecified atom stereocenters. The molecule has 12 heteroatoms. The Labute approximate surface area is 230 Å². The summed E-state index contributed by atoms with van der Waals surface area (Å²) in [6, 6.07) is 0.610. The summed E-state index contributed by atoms with van der Waals surface area (Å²) >= 11 is 1.29. The van der Waals surface area contributed by atoms with Crippen molar-refractivity contribution in [1.82, 2.24) is 21.0 Å². The number of rotatable bonds is 6. The van der Waals surface area contributed by atoms with Gasteiger partial charge in [0.1, 0.15) is 23.2 Å². The van der Waals surface area contributed by atoms with Crippen molar-refractivity contribution in [3.8, 4) is 17.6 Å². The number of carbonyl (C=O) groups is 1. The van der Waals surface area contributed by atoms with E-state index in [1.807, 2.05) is 20.8 Å². The van der Waals surface area contributed by atoms with Crippen LogP contribution in [0.1, 0.15) is 51.3 Å². The van der Waals surface area contributed by atoms with Gasteiger partial charge in [0.25, 0.3) is 12.3 Å². The first-order valence-electron chi connectivity index (χ1n) is 12.3. The number of halogens is 2. The van der Waals surface area contributed by atoms with Crippen molar-refractivity contribution in [3.63, 3.8) is 0 Å². The Bertz CT molecular complexity index is 1350. The number of dihydropyridines is 1. The quantitative estimate of drug-likeness (QED) is 0.210. The number of nitrogens with zero attached hydrogens (tertiary/aromatic N) is 3. The standard InChI is InChI=1S/C27H30F2N6O3S/c1-14(2)15(3)38-26(30-4)19-10-9-17(23(32-19)18-12-20(24(28)29)31-13-21(18)37-5)25(36)33-27-35-34-22(39-27)11-8-16-6-7-16/h9-10,12-13,16,19,22,24,32,34H,6-7H2,1-5H3,(H,33,35,36). The molecular formula is C27H30F2N6O3S. The molecule has 3 heterocycles. The van der Waals surface area contributed by atoms with Gasteiger partial charge >= 0.3 is 0 Å². The van der Waals surface area contributed by atoms with Crippen molar-refractivity contribution in [1.29, 1.82) is 0 Å². The third kappa shape index (κ3) is 6.97. The lowest BCUT2D eigenvalue weighted by molar-refractivity contribution is -0.115. The van der Waals surface area contributed by atoms with Crippen LogP contribution in [0, 0.1) is 17.8 Å². The largest absolute Gasteiger partial charge is 0.494 e. The molecule has 0 saturated heterocycles. The van der Waals surface area contributed by atoms with Gasteiger partial charge < -0.3 is 14.8 Å². The summed E-state index contributed by atoms with van der Waals surface area (Å²) in [7, 11) is 2.99. The van der Waals surface area contributed by atoms with Gasteiger partial charge in [-0.3, -0.25) is 25.5 Å². The topological polar surface area (TPSA) is 109 Å². The van der Waals surface area contributed by atoms with Crippen LogP contribution in [0.2, 0.25) is 0 Å². The Hall–Kier alpha value is -3.85. The number of nitrogens with one attached hydrogen (secondary N) is 3. The number of pyridine rings is 1. The van der Waals surface area contributed by atoms with Crippen LogP contribution in [0.5, 0.6) is 5.75 Å². The number of amides is 1. The van der Waals surface area contributed by atoms with E-state index in [1.165, 1.54) is 31.1 Å². The molecule has 0 spiro atoms. The molecule has 0 radical (unpaired) electrons. The molecule has 1 fully saturated rings. The number of thioether (sulfide) groups is 1. The molecular weight excluding hydrogens is 526 g/mol. The van der Waals surface area contributed by atoms with Gasteiger partial charge in [-0.15, -0.1) is 0 Å². The molecule has 1 aromatic rings. The normalized spacial score (nSPS) is 20.4. The predicted octanol–water partition coefficient (Wildman–Crippen LogP) is 4.09. The van der Waals surface area contributed by atoms with Crippen LogP contribution in [-0.4, -0.2) is 47.5 Å². The molecule has 2 atom stereocenters. The summed E-state index contributed by atoms with van der Waals surface area (Å²) in [6.45, 7) is 5.64. The highest BCUT2D eigenvalue weighted by Gasteiger charge is 2.30. The van der Waals surface area contributed by atoms with E-state index in [2.05, 4.69) is 43.0 Å². The van der Waals surface area contributed by atoms with Gasteiger partial charge in [-0.05, 0) is 63.1 Å². The van der Waals surface area contributed by atoms with Crippen molar-refractivity contribution >= 4 is 34.4 Å². The number of aromatic nitrogens is 1. The van der Waals surface area contributed by atoms with E-state index in [1.54, 1.807) is 19.2 Å². The Kier molecular flexibility index (Phi) is 8.91. The number of allylic oxidation sites excluding steroid dienone is 2. The number of amidine groups is 1. The molecule has 0 aromatic carbocycles. The van der Waals surface area contributed by atoms with E-state index in [4.69, 9.17) is 9.47 Å². The SMILES string of the molecule is CN=C(OC(C)=C(C)C)C1C=CC(C(=O)NC2=NNC(C#CC3CC3)S2)=C(c2cc(C(F)F)ncc2OC)N1. The highest BCUT2D eigenvalue weighted by molar-refractivity contribution is 8.14. The molecule has 9 nitrogen and oxygen atoms in total. The number of aliphatic imine (C=N–C) groups is 1. The van der Waals surface area contributed by atoms with Crippen molar-refractivity contribution < 1.29 is 23.0 Å². The first-order chi connectivity index (χ1) is 18.7. The monoisotopic (exact) mass is 556 g/mol. The van der Waals surface area contributed by atoms with E-state index in [-0.39, 0.29) is 28.0 Å². The maximum atomic E-state index is 13.6. The molecule has 1 aromatic heterocycles. The average molecular weight is 557 g/mol. The van der Waals surface area contributed by atoms with Crippen molar-refractivity contribution in [3.05, 3.63) is 52.6 Å². The first-order valence-corrected chi connectivity index (χ1v) is 13.2. The van der Waals surface area contributed by atoms with E-state index in [0.29, 0.717) is 22.7 Å². The van der Waals surface area contributed by atoms with Crippen LogP contribution in [0.4, 0.5) is 8.78 Å². The smallest absolute Gasteiger partial charge is 0.280 e. The highest BCUT2D eigenvalue weighted by atomic mass is 32.2. The van der Waals surface area contributed by atoms with Crippen LogP contribution < -0.4 is 20.8 Å². The predicted molar refractivity (Wildman–Crippen MR) is 148 cm³/mol. The van der Waals surface area contributed by atoms with Crippen LogP contribution in [0.25, 0.3) is 5.70 Å². The number of alkyl halides is 2. The Morgan fingerprint density at radius 1 is 1.28 bits per heavy atom. The summed E-state index contributed by atoms with van der Waals surface area (Å²) in [5.74, 6) is 7.45. The lowest BCUT2D eigenvalue weighted by Crippen LogP contribution is -2.40. The second-order valence-corrected chi connectivity index (χ2v) is 10.3. The van der Waals surface area contributed by atoms with Crippen molar-refractivity contribution in [2.45, 2.75) is 51.5 Å². The zero-order valence-corrected chi connectivity index (χ0v) is 23.1. The van der Waals surface area contributed by atoms with Crippen LogP contribution >= 0.6 is 11.8 Å². The van der Waals surface area contributed by atoms with Crippen LogP contribution in [0.15, 0.2) is 51.4 Å². The molecule has 2 aliphatic heterocycles. The molecule has 1 amide bonds. The number of hydrogen-bond donors (Lipinski definition) is 3. The summed E-state index contributed by atoms with van der Waals surface area (Å²) < 4.78 is 38.6. The van der Waals surface area contributed by atoms with Crippen LogP contribution in [-0.2, 0) is 9.53 Å². The molecule has 1 saturated carbocycles. The lowest BCUT2D eigenvalue weighted by atomic mass is 9.99. The second-order valence-electron chi connectivity index (χ2n) is 9.16. The minimum atomic E-state index is -2.82. The number of ether oxygens (including phenoxy) is 2. The molecule has 3 N–H and O–H groups in total. The Morgan fingerprint density at radius 2 is 2.05 bits per heavy atom. The minimum Gasteiger partial charge on any atom is -0.494 e. The maximum Gasteiger partial charge on any atom is 0.280 e. The number of hydrogen-bond acceptors (Lipinski definition) is 9. The zero-order chi connectivity index (χ0) is 28.1. The first kappa shape index (κ1) is 28.2. The molecule has 0 bridgehead atoms. The fourth-order valence-corrected chi connectivity index (χ4v) is 4.26. The van der Waals surface area contributed by atoms with E-state index >= 15 is 0 Å². The molecule has 206 valence electrons. The number of carbonyl (C=O) groups excluding carboxylic acids is 1. The third-order valence-electron chi connectivity index (χ3n) is 6.05. The summed E-state index contributed by atoms with van der Waals surface area (Å²) in [6.07, 6.45) is 3.92. The second kappa shape index (κ2) is 12.3. The van der Waals surface area contributed by atoms with Crippen molar-refractivity contribution in [2.75, 3.05) is 14.2 Å². The summed E-state index contributed by atoms with van der Waals surface area (Å²) in [4.78, 5) is 21.5. The van der Waals surface area contributed by atoms with Gasteiger partial charge in [0.2, 0.25) is 5.90 Å². The zero-order valence-electron chi connectivity index (χ0n) is 22.3. The molecule has 4 rings (SSSR count). The highest BCUT2D eigenvalue weighted by Crippen LogP contribution is 2.33. The molecule has 39 heavy (non-hydrogen) atoms. The summed E-state index contributed by atoms with van der Waals surface area (Å²) in [5, 5.41) is 10.3. The molecule has 3 aliphatic rings. The van der Waals surface area contributed by atoms with Gasteiger partial charge in [-0.1, -0.05) is 17.9 Å². The van der Waals surface area contributed by atoms with Gasteiger partial charge in [0, 0.05) is 18.5 Å². The summed E-state index contributed by atoms with van der Waals surface area (Å²) in [5.41, 5.74) is 4.09. The minimum absolute atomic E-state index is 0.182. The van der Waals surface area contributed by atoms with E-state index in [9.17, 15) is 13.6 Å². The maximum absolute atomic E-state index is 13.6. The van der Waals surface area contributed by atoms with E-state index < -0.39 is 24.1 Å². The van der Waals surface area contributed by atoms with Gasteiger partial charge in [0.05, 0.1) is 24.6 Å². The van der Waals surface area contributed by atoms with Gasteiger partial charge in [-0.25, -0.2) is 8.78 Å². The fourth-order valence-electron chi connectivity index (χ4n) is 3.54. The Morgan fingerprint density at radius 3 is 2.69 bits per heavy atom. The number of methoxy groups -OCH3 is 1. The van der Waals surface area contributed by atoms with Gasteiger partial charge in [-0.2, -0.15) is 5.10 Å². The molecule has 1 aliphatic carbocycles. The third-order valence-corrected chi connectivity index (χ3v) is 6.92. The Balaban J connectivity index is 1.66. The fraction of sp³-hybridized carbons (Fsp3) is 0.407. The van der Waals surface area contributed by atoms with Crippen molar-refractivity contribution in [2.24, 2.45) is 16.0 Å². The van der Waals surface area contributed by atoms with E-state index in [0.717, 1.165) is 18.4 Å². The van der Waals surface area contributed by atoms with Crippen LogP contribution in [0.3, 0.4) is 0 Å². The lowest BCUT2D eigenvalue weighted by Gasteiger charge is -2.27. The number of hydrazone groups is 1. The van der Waals surface area contributed by atoms with Gasteiger partial charge in [0.15, 0.2) is 10.5 Å². The average Bonchev–Trinajstić information content (AvgIpc) is 3.66.